The molecule has 2 rings (SSSR count). The number of aryl methyl sites for hydroxylation is 2. The zero-order chi connectivity index (χ0) is 14.0. The molecule has 2 aromatic rings. The van der Waals surface area contributed by atoms with E-state index in [2.05, 4.69) is 20.3 Å². The third-order valence-electron chi connectivity index (χ3n) is 2.16. The van der Waals surface area contributed by atoms with Gasteiger partial charge in [0, 0.05) is 11.1 Å². The molecule has 0 saturated heterocycles. The van der Waals surface area contributed by atoms with Gasteiger partial charge in [0.15, 0.2) is 5.13 Å². The van der Waals surface area contributed by atoms with E-state index in [1.165, 1.54) is 18.3 Å². The number of rotatable bonds is 3. The van der Waals surface area contributed by atoms with E-state index in [1.54, 1.807) is 6.20 Å². The molecule has 0 aromatic carbocycles. The number of hydrogen-bond acceptors (Lipinski definition) is 5. The molecule has 2 aromatic heterocycles. The van der Waals surface area contributed by atoms with Crippen LogP contribution in [0.4, 0.5) is 13.9 Å². The molecule has 19 heavy (non-hydrogen) atoms. The molecule has 0 fully saturated rings. The minimum Gasteiger partial charge on any atom is -0.296 e. The fourth-order valence-corrected chi connectivity index (χ4v) is 2.05. The first-order chi connectivity index (χ1) is 8.95. The summed E-state index contributed by atoms with van der Waals surface area (Å²) in [7, 11) is 0. The highest BCUT2D eigenvalue weighted by atomic mass is 32.1. The SMILES string of the molecule is Cc1nc(C(=O)Nc2ncc(C)s2)cc(C(F)F)n1. The molecule has 1 amide bonds. The molecule has 0 radical (unpaired) electrons. The average molecular weight is 284 g/mol. The number of halogens is 2. The van der Waals surface area contributed by atoms with Crippen LogP contribution in [0.5, 0.6) is 0 Å². The zero-order valence-corrected chi connectivity index (χ0v) is 11.0. The average Bonchev–Trinajstić information content (AvgIpc) is 2.73. The van der Waals surface area contributed by atoms with Crippen molar-refractivity contribution in [2.45, 2.75) is 20.3 Å². The lowest BCUT2D eigenvalue weighted by Crippen LogP contribution is -2.15. The Morgan fingerprint density at radius 3 is 2.68 bits per heavy atom. The minimum atomic E-state index is -2.74. The maximum Gasteiger partial charge on any atom is 0.280 e. The Bertz CT molecular complexity index is 614. The van der Waals surface area contributed by atoms with E-state index >= 15 is 0 Å². The highest BCUT2D eigenvalue weighted by Gasteiger charge is 2.16. The van der Waals surface area contributed by atoms with Crippen molar-refractivity contribution in [1.29, 1.82) is 0 Å². The van der Waals surface area contributed by atoms with Gasteiger partial charge in [0.05, 0.1) is 0 Å². The van der Waals surface area contributed by atoms with Crippen LogP contribution in [0.1, 0.15) is 33.3 Å². The summed E-state index contributed by atoms with van der Waals surface area (Å²) >= 11 is 1.29. The molecule has 0 aliphatic rings. The predicted molar refractivity (Wildman–Crippen MR) is 66.5 cm³/mol. The van der Waals surface area contributed by atoms with Crippen molar-refractivity contribution in [2.24, 2.45) is 0 Å². The molecule has 0 spiro atoms. The van der Waals surface area contributed by atoms with Gasteiger partial charge in [-0.2, -0.15) is 0 Å². The Hall–Kier alpha value is -1.96. The van der Waals surface area contributed by atoms with Crippen molar-refractivity contribution in [3.05, 3.63) is 34.4 Å². The van der Waals surface area contributed by atoms with E-state index in [0.29, 0.717) is 5.13 Å². The Balaban J connectivity index is 2.23. The number of hydrogen-bond donors (Lipinski definition) is 1. The Morgan fingerprint density at radius 2 is 2.11 bits per heavy atom. The van der Waals surface area contributed by atoms with E-state index in [4.69, 9.17) is 0 Å². The summed E-state index contributed by atoms with van der Waals surface area (Å²) in [6, 6.07) is 0.980. The molecule has 0 atom stereocenters. The fraction of sp³-hybridized carbons (Fsp3) is 0.273. The molecule has 8 heteroatoms. The first-order valence-electron chi connectivity index (χ1n) is 5.33. The van der Waals surface area contributed by atoms with Crippen LogP contribution in [0, 0.1) is 13.8 Å². The van der Waals surface area contributed by atoms with Crippen LogP contribution in [-0.2, 0) is 0 Å². The first-order valence-corrected chi connectivity index (χ1v) is 6.15. The third kappa shape index (κ3) is 3.28. The van der Waals surface area contributed by atoms with Gasteiger partial charge in [-0.3, -0.25) is 10.1 Å². The van der Waals surface area contributed by atoms with E-state index < -0.39 is 18.0 Å². The first kappa shape index (κ1) is 13.5. The lowest BCUT2D eigenvalue weighted by Gasteiger charge is -2.05. The normalized spacial score (nSPS) is 10.8. The van der Waals surface area contributed by atoms with Gasteiger partial charge in [-0.05, 0) is 19.9 Å². The van der Waals surface area contributed by atoms with Crippen LogP contribution in [0.25, 0.3) is 0 Å². The number of anilines is 1. The van der Waals surface area contributed by atoms with Crippen LogP contribution in [0.3, 0.4) is 0 Å². The van der Waals surface area contributed by atoms with Crippen molar-refractivity contribution >= 4 is 22.4 Å². The molecular weight excluding hydrogens is 274 g/mol. The summed E-state index contributed by atoms with van der Waals surface area (Å²) in [6.45, 7) is 3.30. The van der Waals surface area contributed by atoms with Gasteiger partial charge in [-0.25, -0.2) is 23.7 Å². The highest BCUT2D eigenvalue weighted by molar-refractivity contribution is 7.15. The molecule has 1 N–H and O–H groups in total. The van der Waals surface area contributed by atoms with Gasteiger partial charge in [0.1, 0.15) is 17.2 Å². The van der Waals surface area contributed by atoms with Crippen molar-refractivity contribution in [2.75, 3.05) is 5.32 Å². The van der Waals surface area contributed by atoms with Crippen LogP contribution in [-0.4, -0.2) is 20.9 Å². The van der Waals surface area contributed by atoms with E-state index in [9.17, 15) is 13.6 Å². The van der Waals surface area contributed by atoms with Crippen molar-refractivity contribution in [1.82, 2.24) is 15.0 Å². The van der Waals surface area contributed by atoms with Crippen molar-refractivity contribution in [3.63, 3.8) is 0 Å². The van der Waals surface area contributed by atoms with Crippen molar-refractivity contribution < 1.29 is 13.6 Å². The second-order valence-electron chi connectivity index (χ2n) is 3.76. The molecular formula is C11H10F2N4OS. The minimum absolute atomic E-state index is 0.101. The largest absolute Gasteiger partial charge is 0.296 e. The van der Waals surface area contributed by atoms with Gasteiger partial charge in [-0.1, -0.05) is 0 Å². The van der Waals surface area contributed by atoms with Gasteiger partial charge in [0.2, 0.25) is 0 Å². The molecule has 0 aliphatic heterocycles. The second-order valence-corrected chi connectivity index (χ2v) is 4.99. The standard InChI is InChI=1S/C11H10F2N4OS/c1-5-4-14-11(19-5)17-10(18)8-3-7(9(12)13)15-6(2)16-8/h3-4,9H,1-2H3,(H,14,17,18). The predicted octanol–water partition coefficient (Wildman–Crippen LogP) is 2.74. The topological polar surface area (TPSA) is 67.8 Å². The van der Waals surface area contributed by atoms with E-state index in [0.717, 1.165) is 10.9 Å². The molecule has 5 nitrogen and oxygen atoms in total. The lowest BCUT2D eigenvalue weighted by molar-refractivity contribution is 0.102. The number of nitrogens with one attached hydrogen (secondary N) is 1. The van der Waals surface area contributed by atoms with Crippen LogP contribution in [0.2, 0.25) is 0 Å². The van der Waals surface area contributed by atoms with E-state index in [-0.39, 0.29) is 11.5 Å². The number of thiazole rings is 1. The smallest absolute Gasteiger partial charge is 0.280 e. The van der Waals surface area contributed by atoms with Gasteiger partial charge in [-0.15, -0.1) is 11.3 Å². The summed E-state index contributed by atoms with van der Waals surface area (Å²) in [5.74, 6) is -0.458. The number of nitrogens with zero attached hydrogens (tertiary/aromatic N) is 3. The maximum absolute atomic E-state index is 12.6. The number of amides is 1. The highest BCUT2D eigenvalue weighted by Crippen LogP contribution is 2.19. The van der Waals surface area contributed by atoms with Gasteiger partial charge < -0.3 is 0 Å². The summed E-state index contributed by atoms with van der Waals surface area (Å²) in [5.41, 5.74) is -0.566. The van der Waals surface area contributed by atoms with Crippen LogP contribution >= 0.6 is 11.3 Å². The zero-order valence-electron chi connectivity index (χ0n) is 10.1. The van der Waals surface area contributed by atoms with E-state index in [1.807, 2.05) is 6.92 Å². The fourth-order valence-electron chi connectivity index (χ4n) is 1.39. The molecule has 0 bridgehead atoms. The molecule has 2 heterocycles. The molecule has 0 aliphatic carbocycles. The molecule has 100 valence electrons. The summed E-state index contributed by atoms with van der Waals surface area (Å²) in [4.78, 5) is 24.2. The summed E-state index contributed by atoms with van der Waals surface area (Å²) in [6.07, 6.45) is -1.13. The Kier molecular flexibility index (Phi) is 3.79. The number of carbonyl (C=O) groups excluding carboxylic acids is 1. The Labute approximate surface area is 111 Å². The van der Waals surface area contributed by atoms with Crippen molar-refractivity contribution in [3.8, 4) is 0 Å². The summed E-state index contributed by atoms with van der Waals surface area (Å²) in [5, 5.41) is 2.91. The quantitative estimate of drug-likeness (QED) is 0.941. The second kappa shape index (κ2) is 5.35. The molecule has 0 unspecified atom stereocenters. The third-order valence-corrected chi connectivity index (χ3v) is 2.98. The van der Waals surface area contributed by atoms with Crippen LogP contribution < -0.4 is 5.32 Å². The Morgan fingerprint density at radius 1 is 1.37 bits per heavy atom. The maximum atomic E-state index is 12.6. The monoisotopic (exact) mass is 284 g/mol. The van der Waals surface area contributed by atoms with Gasteiger partial charge in [0.25, 0.3) is 12.3 Å². The van der Waals surface area contributed by atoms with Crippen LogP contribution in [0.15, 0.2) is 12.3 Å². The summed E-state index contributed by atoms with van der Waals surface area (Å²) < 4.78 is 25.2. The number of aromatic nitrogens is 3. The number of alkyl halides is 2. The molecule has 0 saturated carbocycles. The lowest BCUT2D eigenvalue weighted by atomic mass is 10.3. The number of carbonyl (C=O) groups is 1. The van der Waals surface area contributed by atoms with Gasteiger partial charge >= 0.3 is 0 Å².